The zero-order valence-electron chi connectivity index (χ0n) is 13.1. The molecule has 0 aliphatic heterocycles. The van der Waals surface area contributed by atoms with Crippen LogP contribution < -0.4 is 5.32 Å². The summed E-state index contributed by atoms with van der Waals surface area (Å²) in [5, 5.41) is 5.27. The molecule has 2 aromatic rings. The van der Waals surface area contributed by atoms with Gasteiger partial charge in [-0.25, -0.2) is 0 Å². The van der Waals surface area contributed by atoms with E-state index in [2.05, 4.69) is 37.4 Å². The van der Waals surface area contributed by atoms with Crippen LogP contribution in [0.15, 0.2) is 28.9 Å². The minimum atomic E-state index is -0.224. The zero-order valence-corrected chi connectivity index (χ0v) is 13.1. The van der Waals surface area contributed by atoms with Crippen LogP contribution in [-0.4, -0.2) is 26.7 Å². The fraction of sp³-hybridized carbons (Fsp3) is 0.471. The van der Waals surface area contributed by atoms with Crippen LogP contribution in [0.4, 0.5) is 0 Å². The molecule has 2 rings (SSSR count). The number of esters is 1. The highest BCUT2D eigenvalue weighted by atomic mass is 16.5. The monoisotopic (exact) mass is 289 g/mol. The number of hydrogen-bond donors (Lipinski definition) is 1. The van der Waals surface area contributed by atoms with Crippen molar-refractivity contribution in [2.75, 3.05) is 20.7 Å². The summed E-state index contributed by atoms with van der Waals surface area (Å²) in [6, 6.07) is 6.37. The van der Waals surface area contributed by atoms with Crippen LogP contribution in [0.2, 0.25) is 0 Å². The lowest BCUT2D eigenvalue weighted by Gasteiger charge is -2.13. The summed E-state index contributed by atoms with van der Waals surface area (Å²) < 4.78 is 10.5. The molecule has 1 aromatic carbocycles. The Bertz CT molecular complexity index is 616. The van der Waals surface area contributed by atoms with E-state index in [-0.39, 0.29) is 11.9 Å². The third kappa shape index (κ3) is 3.45. The predicted molar refractivity (Wildman–Crippen MR) is 83.6 cm³/mol. The molecule has 4 heteroatoms. The molecule has 0 saturated carbocycles. The molecule has 0 amide bonds. The molecular weight excluding hydrogens is 266 g/mol. The number of rotatable bonds is 6. The highest BCUT2D eigenvalue weighted by molar-refractivity contribution is 5.86. The highest BCUT2D eigenvalue weighted by Gasteiger charge is 2.21. The van der Waals surface area contributed by atoms with Gasteiger partial charge in [-0.1, -0.05) is 26.0 Å². The Morgan fingerprint density at radius 2 is 2.14 bits per heavy atom. The first kappa shape index (κ1) is 15.6. The van der Waals surface area contributed by atoms with Gasteiger partial charge in [0.2, 0.25) is 0 Å². The van der Waals surface area contributed by atoms with Crippen LogP contribution in [0.25, 0.3) is 10.8 Å². The Balaban J connectivity index is 2.36. The van der Waals surface area contributed by atoms with Crippen LogP contribution in [0, 0.1) is 0 Å². The number of carbonyl (C=O) groups excluding carboxylic acids is 1. The highest BCUT2D eigenvalue weighted by Crippen LogP contribution is 2.31. The first-order valence-electron chi connectivity index (χ1n) is 7.29. The van der Waals surface area contributed by atoms with Gasteiger partial charge in [-0.05, 0) is 24.6 Å². The van der Waals surface area contributed by atoms with Crippen LogP contribution in [0.3, 0.4) is 0 Å². The maximum atomic E-state index is 11.6. The molecule has 0 radical (unpaired) electrons. The van der Waals surface area contributed by atoms with Crippen molar-refractivity contribution in [1.29, 1.82) is 0 Å². The second-order valence-electron chi connectivity index (χ2n) is 5.64. The van der Waals surface area contributed by atoms with Crippen LogP contribution in [-0.2, 0) is 9.53 Å². The lowest BCUT2D eigenvalue weighted by atomic mass is 9.96. The maximum Gasteiger partial charge on any atom is 0.306 e. The summed E-state index contributed by atoms with van der Waals surface area (Å²) in [4.78, 5) is 11.6. The molecule has 1 N–H and O–H groups in total. The van der Waals surface area contributed by atoms with Gasteiger partial charge in [0.1, 0.15) is 5.76 Å². The fourth-order valence-electron chi connectivity index (χ4n) is 2.56. The molecule has 114 valence electrons. The third-order valence-corrected chi connectivity index (χ3v) is 3.78. The maximum absolute atomic E-state index is 11.6. The summed E-state index contributed by atoms with van der Waals surface area (Å²) in [7, 11) is 3.28. The van der Waals surface area contributed by atoms with Crippen molar-refractivity contribution in [1.82, 2.24) is 5.32 Å². The van der Waals surface area contributed by atoms with Crippen molar-refractivity contribution in [2.24, 2.45) is 0 Å². The molecule has 1 heterocycles. The van der Waals surface area contributed by atoms with Gasteiger partial charge in [-0.3, -0.25) is 4.79 Å². The van der Waals surface area contributed by atoms with Crippen LogP contribution in [0.5, 0.6) is 0 Å². The number of hydrogen-bond acceptors (Lipinski definition) is 4. The quantitative estimate of drug-likeness (QED) is 0.828. The minimum absolute atomic E-state index is 0.0233. The van der Waals surface area contributed by atoms with E-state index in [1.54, 1.807) is 6.26 Å². The van der Waals surface area contributed by atoms with Gasteiger partial charge in [0.05, 0.1) is 19.8 Å². The first-order chi connectivity index (χ1) is 10.1. The van der Waals surface area contributed by atoms with Crippen molar-refractivity contribution >= 4 is 16.7 Å². The molecule has 1 atom stereocenters. The number of methoxy groups -OCH3 is 1. The number of nitrogens with one attached hydrogen (secondary N) is 1. The summed E-state index contributed by atoms with van der Waals surface area (Å²) in [6.45, 7) is 5.01. The first-order valence-corrected chi connectivity index (χ1v) is 7.29. The van der Waals surface area contributed by atoms with Crippen molar-refractivity contribution in [3.05, 3.63) is 35.8 Å². The predicted octanol–water partition coefficient (Wildman–Crippen LogP) is 3.42. The lowest BCUT2D eigenvalue weighted by molar-refractivity contribution is -0.141. The van der Waals surface area contributed by atoms with Gasteiger partial charge in [0.25, 0.3) is 0 Å². The molecule has 4 nitrogen and oxygen atoms in total. The average Bonchev–Trinajstić information content (AvgIpc) is 2.89. The molecule has 0 fully saturated rings. The Morgan fingerprint density at radius 1 is 1.38 bits per heavy atom. The topological polar surface area (TPSA) is 51.5 Å². The van der Waals surface area contributed by atoms with Gasteiger partial charge in [-0.2, -0.15) is 0 Å². The van der Waals surface area contributed by atoms with E-state index in [0.717, 1.165) is 16.5 Å². The molecule has 21 heavy (non-hydrogen) atoms. The number of fused-ring (bicyclic) bond motifs is 1. The second kappa shape index (κ2) is 6.76. The van der Waals surface area contributed by atoms with Crippen LogP contribution >= 0.6 is 0 Å². The Kier molecular flexibility index (Phi) is 5.02. The van der Waals surface area contributed by atoms with E-state index in [4.69, 9.17) is 9.15 Å². The number of ether oxygens (including phenoxy) is 1. The molecule has 0 aliphatic rings. The number of benzene rings is 1. The molecule has 0 bridgehead atoms. The normalized spacial score (nSPS) is 12.8. The average molecular weight is 289 g/mol. The summed E-state index contributed by atoms with van der Waals surface area (Å²) in [5.41, 5.74) is 1.29. The van der Waals surface area contributed by atoms with E-state index >= 15 is 0 Å². The second-order valence-corrected chi connectivity index (χ2v) is 5.64. The lowest BCUT2D eigenvalue weighted by Crippen LogP contribution is -2.20. The number of likely N-dealkylation sites (N-methyl/N-ethyl adjacent to an activating group) is 1. The van der Waals surface area contributed by atoms with E-state index in [1.165, 1.54) is 12.7 Å². The van der Waals surface area contributed by atoms with E-state index in [1.807, 2.05) is 7.05 Å². The van der Waals surface area contributed by atoms with Crippen molar-refractivity contribution in [3.63, 3.8) is 0 Å². The smallest absolute Gasteiger partial charge is 0.306 e. The van der Waals surface area contributed by atoms with Gasteiger partial charge < -0.3 is 14.5 Å². The summed E-state index contributed by atoms with van der Waals surface area (Å²) >= 11 is 0. The van der Waals surface area contributed by atoms with E-state index in [9.17, 15) is 4.79 Å². The Morgan fingerprint density at radius 3 is 2.76 bits per heavy atom. The third-order valence-electron chi connectivity index (χ3n) is 3.78. The minimum Gasteiger partial charge on any atom is -0.469 e. The summed E-state index contributed by atoms with van der Waals surface area (Å²) in [6.07, 6.45) is 2.09. The van der Waals surface area contributed by atoms with Crippen molar-refractivity contribution in [2.45, 2.75) is 32.1 Å². The molecule has 1 aromatic heterocycles. The standard InChI is InChI=1S/C17H23NO3/c1-11(2)12-5-6-15-14(7-12)10-21-17(15)13(9-18-3)8-16(19)20-4/h5-7,10-11,13,18H,8-9H2,1-4H3. The van der Waals surface area contributed by atoms with E-state index < -0.39 is 0 Å². The summed E-state index contributed by atoms with van der Waals surface area (Å²) in [5.74, 6) is 1.08. The van der Waals surface area contributed by atoms with Gasteiger partial charge in [0.15, 0.2) is 0 Å². The van der Waals surface area contributed by atoms with Crippen molar-refractivity contribution in [3.8, 4) is 0 Å². The molecule has 0 saturated heterocycles. The van der Waals surface area contributed by atoms with E-state index in [0.29, 0.717) is 18.9 Å². The molecule has 1 unspecified atom stereocenters. The van der Waals surface area contributed by atoms with Crippen LogP contribution in [0.1, 0.15) is 43.4 Å². The number of furan rings is 1. The molecule has 0 aliphatic carbocycles. The fourth-order valence-corrected chi connectivity index (χ4v) is 2.56. The number of carbonyl (C=O) groups is 1. The molecular formula is C17H23NO3. The zero-order chi connectivity index (χ0) is 15.4. The molecule has 0 spiro atoms. The Hall–Kier alpha value is -1.81. The Labute approximate surface area is 125 Å². The van der Waals surface area contributed by atoms with Gasteiger partial charge in [-0.15, -0.1) is 0 Å². The van der Waals surface area contributed by atoms with Gasteiger partial charge >= 0.3 is 5.97 Å². The van der Waals surface area contributed by atoms with Crippen molar-refractivity contribution < 1.29 is 13.9 Å². The SMILES string of the molecule is CNCC(CC(=O)OC)c1occ2cc(C(C)C)ccc12. The van der Waals surface area contributed by atoms with Gasteiger partial charge in [0, 0.05) is 23.2 Å². The largest absolute Gasteiger partial charge is 0.469 e.